The van der Waals surface area contributed by atoms with E-state index in [-0.39, 0.29) is 17.6 Å². The first-order valence-electron chi connectivity index (χ1n) is 7.91. The van der Waals surface area contributed by atoms with Gasteiger partial charge in [0.05, 0.1) is 13.2 Å². The first-order valence-corrected chi connectivity index (χ1v) is 7.91. The first-order chi connectivity index (χ1) is 10.9. The Morgan fingerprint density at radius 2 is 2.13 bits per heavy atom. The molecule has 0 aromatic heterocycles. The van der Waals surface area contributed by atoms with Crippen molar-refractivity contribution in [1.29, 1.82) is 0 Å². The smallest absolute Gasteiger partial charge is 0.220 e. The van der Waals surface area contributed by atoms with E-state index in [0.29, 0.717) is 18.7 Å². The zero-order chi connectivity index (χ0) is 17.2. The van der Waals surface area contributed by atoms with Gasteiger partial charge in [0.2, 0.25) is 5.91 Å². The van der Waals surface area contributed by atoms with Crippen molar-refractivity contribution >= 4 is 5.91 Å². The van der Waals surface area contributed by atoms with Crippen LogP contribution in [0.1, 0.15) is 38.7 Å². The molecule has 1 rings (SSSR count). The molecule has 1 aromatic rings. The third kappa shape index (κ3) is 7.19. The molecule has 0 aliphatic rings. The molecule has 5 nitrogen and oxygen atoms in total. The predicted octanol–water partition coefficient (Wildman–Crippen LogP) is 2.76. The standard InChI is InChI=1S/C18H27NO4/c1-13(2)15(20)7-5-4-6-8-18(22)19-12-14-9-10-16(21)17(11-14)23-3/h5,7,9-11,13,15,20-21H,4,6,8,12H2,1-3H3,(H,19,22). The summed E-state index contributed by atoms with van der Waals surface area (Å²) in [6.45, 7) is 4.32. The summed E-state index contributed by atoms with van der Waals surface area (Å²) in [6, 6.07) is 4.99. The molecule has 1 amide bonds. The van der Waals surface area contributed by atoms with E-state index in [9.17, 15) is 15.0 Å². The van der Waals surface area contributed by atoms with Gasteiger partial charge in [-0.2, -0.15) is 0 Å². The van der Waals surface area contributed by atoms with Crippen molar-refractivity contribution in [2.75, 3.05) is 7.11 Å². The number of phenolic OH excluding ortho intramolecular Hbond substituents is 1. The van der Waals surface area contributed by atoms with E-state index >= 15 is 0 Å². The number of carbonyl (C=O) groups is 1. The number of nitrogens with one attached hydrogen (secondary N) is 1. The van der Waals surface area contributed by atoms with Gasteiger partial charge in [0.15, 0.2) is 11.5 Å². The lowest BCUT2D eigenvalue weighted by Gasteiger charge is -2.09. The molecule has 0 saturated carbocycles. The van der Waals surface area contributed by atoms with Crippen LogP contribution in [-0.2, 0) is 11.3 Å². The molecule has 128 valence electrons. The maximum absolute atomic E-state index is 11.8. The molecule has 0 fully saturated rings. The summed E-state index contributed by atoms with van der Waals surface area (Å²) in [5.41, 5.74) is 0.868. The summed E-state index contributed by atoms with van der Waals surface area (Å²) in [5.74, 6) is 0.662. The van der Waals surface area contributed by atoms with Gasteiger partial charge in [-0.1, -0.05) is 32.1 Å². The second kappa shape index (κ2) is 9.90. The number of hydrogen-bond donors (Lipinski definition) is 3. The highest BCUT2D eigenvalue weighted by Crippen LogP contribution is 2.26. The Kier molecular flexibility index (Phi) is 8.19. The van der Waals surface area contributed by atoms with Crippen LogP contribution in [0.15, 0.2) is 30.4 Å². The van der Waals surface area contributed by atoms with Crippen LogP contribution in [0.4, 0.5) is 0 Å². The molecule has 0 heterocycles. The van der Waals surface area contributed by atoms with Crippen molar-refractivity contribution < 1.29 is 19.7 Å². The molecule has 0 radical (unpaired) electrons. The number of aliphatic hydroxyl groups excluding tert-OH is 1. The van der Waals surface area contributed by atoms with Crippen molar-refractivity contribution in [3.05, 3.63) is 35.9 Å². The molecular formula is C18H27NO4. The van der Waals surface area contributed by atoms with Crippen LogP contribution in [0.3, 0.4) is 0 Å². The highest BCUT2D eigenvalue weighted by molar-refractivity contribution is 5.75. The van der Waals surface area contributed by atoms with E-state index < -0.39 is 6.10 Å². The fraction of sp³-hybridized carbons (Fsp3) is 0.500. The van der Waals surface area contributed by atoms with Crippen LogP contribution in [0.25, 0.3) is 0 Å². The summed E-state index contributed by atoms with van der Waals surface area (Å²) in [4.78, 5) is 11.8. The summed E-state index contributed by atoms with van der Waals surface area (Å²) in [6.07, 6.45) is 5.23. The number of phenols is 1. The Balaban J connectivity index is 2.27. The Hall–Kier alpha value is -2.01. The predicted molar refractivity (Wildman–Crippen MR) is 90.3 cm³/mol. The van der Waals surface area contributed by atoms with Gasteiger partial charge >= 0.3 is 0 Å². The molecule has 0 aliphatic heterocycles. The van der Waals surface area contributed by atoms with E-state index in [2.05, 4.69) is 5.32 Å². The van der Waals surface area contributed by atoms with Crippen molar-refractivity contribution in [3.8, 4) is 11.5 Å². The number of ether oxygens (including phenoxy) is 1. The second-order valence-electron chi connectivity index (χ2n) is 5.84. The molecule has 0 spiro atoms. The van der Waals surface area contributed by atoms with Crippen molar-refractivity contribution in [3.63, 3.8) is 0 Å². The molecule has 23 heavy (non-hydrogen) atoms. The first kappa shape index (κ1) is 19.0. The van der Waals surface area contributed by atoms with Crippen LogP contribution in [0, 0.1) is 5.92 Å². The Morgan fingerprint density at radius 3 is 2.78 bits per heavy atom. The average molecular weight is 321 g/mol. The fourth-order valence-corrected chi connectivity index (χ4v) is 1.96. The van der Waals surface area contributed by atoms with Gasteiger partial charge in [-0.05, 0) is 36.5 Å². The van der Waals surface area contributed by atoms with E-state index in [1.54, 1.807) is 24.3 Å². The van der Waals surface area contributed by atoms with E-state index in [1.807, 2.05) is 19.9 Å². The van der Waals surface area contributed by atoms with E-state index in [1.165, 1.54) is 7.11 Å². The number of aliphatic hydroxyl groups is 1. The summed E-state index contributed by atoms with van der Waals surface area (Å²) in [5, 5.41) is 22.0. The minimum atomic E-state index is -0.423. The van der Waals surface area contributed by atoms with Gasteiger partial charge in [0.1, 0.15) is 0 Å². The number of aromatic hydroxyl groups is 1. The maximum atomic E-state index is 11.8. The van der Waals surface area contributed by atoms with Gasteiger partial charge in [0.25, 0.3) is 0 Å². The van der Waals surface area contributed by atoms with Gasteiger partial charge in [-0.3, -0.25) is 4.79 Å². The fourth-order valence-electron chi connectivity index (χ4n) is 1.96. The van der Waals surface area contributed by atoms with E-state index in [4.69, 9.17) is 4.74 Å². The number of hydrogen-bond acceptors (Lipinski definition) is 4. The SMILES string of the molecule is COc1cc(CNC(=O)CCCC=CC(O)C(C)C)ccc1O. The monoisotopic (exact) mass is 321 g/mol. The Bertz CT molecular complexity index is 526. The topological polar surface area (TPSA) is 78.8 Å². The largest absolute Gasteiger partial charge is 0.504 e. The van der Waals surface area contributed by atoms with Crippen LogP contribution in [0.5, 0.6) is 11.5 Å². The van der Waals surface area contributed by atoms with Gasteiger partial charge in [0, 0.05) is 13.0 Å². The molecule has 1 unspecified atom stereocenters. The number of amides is 1. The number of allylic oxidation sites excluding steroid dienone is 1. The zero-order valence-electron chi connectivity index (χ0n) is 14.1. The van der Waals surface area contributed by atoms with Crippen LogP contribution >= 0.6 is 0 Å². The van der Waals surface area contributed by atoms with Crippen LogP contribution in [0.2, 0.25) is 0 Å². The normalized spacial score (nSPS) is 12.6. The lowest BCUT2D eigenvalue weighted by Crippen LogP contribution is -2.22. The molecule has 0 bridgehead atoms. The average Bonchev–Trinajstić information content (AvgIpc) is 2.53. The van der Waals surface area contributed by atoms with Gasteiger partial charge in [-0.25, -0.2) is 0 Å². The maximum Gasteiger partial charge on any atom is 0.220 e. The van der Waals surface area contributed by atoms with Crippen LogP contribution < -0.4 is 10.1 Å². The van der Waals surface area contributed by atoms with Crippen molar-refractivity contribution in [2.45, 2.75) is 45.8 Å². The quantitative estimate of drug-likeness (QED) is 0.483. The minimum Gasteiger partial charge on any atom is -0.504 e. The molecule has 1 aromatic carbocycles. The van der Waals surface area contributed by atoms with Crippen molar-refractivity contribution in [1.82, 2.24) is 5.32 Å². The molecule has 3 N–H and O–H groups in total. The van der Waals surface area contributed by atoms with Gasteiger partial charge < -0.3 is 20.3 Å². The number of rotatable bonds is 9. The summed E-state index contributed by atoms with van der Waals surface area (Å²) < 4.78 is 5.03. The number of unbranched alkanes of at least 4 members (excludes halogenated alkanes) is 1. The minimum absolute atomic E-state index is 0.0187. The lowest BCUT2D eigenvalue weighted by atomic mass is 10.1. The molecular weight excluding hydrogens is 294 g/mol. The highest BCUT2D eigenvalue weighted by atomic mass is 16.5. The number of benzene rings is 1. The molecule has 0 aliphatic carbocycles. The molecule has 1 atom stereocenters. The summed E-state index contributed by atoms with van der Waals surface area (Å²) in [7, 11) is 1.49. The van der Waals surface area contributed by atoms with Crippen LogP contribution in [-0.4, -0.2) is 29.3 Å². The third-order valence-electron chi connectivity index (χ3n) is 3.52. The number of carbonyl (C=O) groups excluding carboxylic acids is 1. The molecule has 0 saturated heterocycles. The number of methoxy groups -OCH3 is 1. The summed E-state index contributed by atoms with van der Waals surface area (Å²) >= 11 is 0. The Labute approximate surface area is 138 Å². The van der Waals surface area contributed by atoms with E-state index in [0.717, 1.165) is 18.4 Å². The van der Waals surface area contributed by atoms with Crippen molar-refractivity contribution in [2.24, 2.45) is 5.92 Å². The third-order valence-corrected chi connectivity index (χ3v) is 3.52. The second-order valence-corrected chi connectivity index (χ2v) is 5.84. The molecule has 5 heteroatoms. The van der Waals surface area contributed by atoms with Gasteiger partial charge in [-0.15, -0.1) is 0 Å². The highest BCUT2D eigenvalue weighted by Gasteiger charge is 2.05. The lowest BCUT2D eigenvalue weighted by molar-refractivity contribution is -0.121. The zero-order valence-corrected chi connectivity index (χ0v) is 14.1. The Morgan fingerprint density at radius 1 is 1.39 bits per heavy atom.